The topological polar surface area (TPSA) is 42.8 Å². The predicted molar refractivity (Wildman–Crippen MR) is 53.5 cm³/mol. The Kier molecular flexibility index (Phi) is 1.95. The van der Waals surface area contributed by atoms with Crippen LogP contribution in [-0.2, 0) is 4.74 Å². The summed E-state index contributed by atoms with van der Waals surface area (Å²) >= 11 is 5.13. The molecular formula is C9H13N3OS. The van der Waals surface area contributed by atoms with E-state index in [1.165, 1.54) is 12.8 Å². The van der Waals surface area contributed by atoms with E-state index in [4.69, 9.17) is 17.0 Å². The van der Waals surface area contributed by atoms with Gasteiger partial charge in [-0.15, -0.1) is 0 Å². The minimum atomic E-state index is 0.395. The van der Waals surface area contributed by atoms with E-state index in [2.05, 4.69) is 10.2 Å². The van der Waals surface area contributed by atoms with E-state index in [0.717, 1.165) is 18.9 Å². The Morgan fingerprint density at radius 3 is 3.07 bits per heavy atom. The lowest BCUT2D eigenvalue weighted by Crippen LogP contribution is -2.09. The molecule has 76 valence electrons. The molecule has 1 aliphatic carbocycles. The highest BCUT2D eigenvalue weighted by atomic mass is 32.1. The molecule has 1 aliphatic heterocycles. The maximum Gasteiger partial charge on any atom is 0.195 e. The first kappa shape index (κ1) is 8.61. The molecular weight excluding hydrogens is 198 g/mol. The van der Waals surface area contributed by atoms with Crippen molar-refractivity contribution in [1.29, 1.82) is 0 Å². The van der Waals surface area contributed by atoms with Crippen molar-refractivity contribution in [2.45, 2.75) is 31.4 Å². The SMILES string of the molecule is S=c1[nH]ncn1C1COC(C2CC2)C1. The van der Waals surface area contributed by atoms with Crippen LogP contribution in [0.4, 0.5) is 0 Å². The van der Waals surface area contributed by atoms with Gasteiger partial charge < -0.3 is 9.30 Å². The molecule has 2 atom stereocenters. The second-order valence-corrected chi connectivity index (χ2v) is 4.55. The van der Waals surface area contributed by atoms with E-state index in [-0.39, 0.29) is 0 Å². The van der Waals surface area contributed by atoms with Crippen LogP contribution in [0.2, 0.25) is 0 Å². The standard InChI is InChI=1S/C9H13N3OS/c14-9-11-10-5-12(9)7-3-8(13-4-7)6-1-2-6/h5-8H,1-4H2,(H,11,14). The first-order valence-electron chi connectivity index (χ1n) is 5.07. The van der Waals surface area contributed by atoms with Gasteiger partial charge in [0.15, 0.2) is 4.77 Å². The highest BCUT2D eigenvalue weighted by Gasteiger charge is 2.38. The van der Waals surface area contributed by atoms with Crippen molar-refractivity contribution >= 4 is 12.2 Å². The molecule has 1 saturated carbocycles. The van der Waals surface area contributed by atoms with Gasteiger partial charge in [0.1, 0.15) is 6.33 Å². The Morgan fingerprint density at radius 2 is 2.43 bits per heavy atom. The summed E-state index contributed by atoms with van der Waals surface area (Å²) in [5, 5.41) is 6.71. The van der Waals surface area contributed by atoms with E-state index >= 15 is 0 Å². The van der Waals surface area contributed by atoms with Crippen molar-refractivity contribution in [3.05, 3.63) is 11.1 Å². The number of ether oxygens (including phenoxy) is 1. The lowest BCUT2D eigenvalue weighted by Gasteiger charge is -2.08. The second kappa shape index (κ2) is 3.17. The maximum absolute atomic E-state index is 5.76. The molecule has 3 rings (SSSR count). The Hall–Kier alpha value is -0.680. The van der Waals surface area contributed by atoms with Crippen LogP contribution in [0.25, 0.3) is 0 Å². The van der Waals surface area contributed by atoms with Crippen LogP contribution in [-0.4, -0.2) is 27.5 Å². The molecule has 2 heterocycles. The number of aromatic nitrogens is 3. The third kappa shape index (κ3) is 1.40. The maximum atomic E-state index is 5.76. The van der Waals surface area contributed by atoms with Gasteiger partial charge in [0.25, 0.3) is 0 Å². The highest BCUT2D eigenvalue weighted by Crippen LogP contribution is 2.41. The van der Waals surface area contributed by atoms with Gasteiger partial charge in [-0.25, -0.2) is 0 Å². The second-order valence-electron chi connectivity index (χ2n) is 4.17. The van der Waals surface area contributed by atoms with Crippen molar-refractivity contribution in [1.82, 2.24) is 14.8 Å². The molecule has 1 N–H and O–H groups in total. The first-order chi connectivity index (χ1) is 6.84. The van der Waals surface area contributed by atoms with Gasteiger partial charge in [0.2, 0.25) is 0 Å². The minimum absolute atomic E-state index is 0.395. The Labute approximate surface area is 87.3 Å². The normalized spacial score (nSPS) is 32.3. The Morgan fingerprint density at radius 1 is 1.57 bits per heavy atom. The molecule has 5 heteroatoms. The van der Waals surface area contributed by atoms with Crippen LogP contribution in [0, 0.1) is 10.7 Å². The molecule has 0 radical (unpaired) electrons. The average molecular weight is 211 g/mol. The number of aromatic amines is 1. The smallest absolute Gasteiger partial charge is 0.195 e. The predicted octanol–water partition coefficient (Wildman–Crippen LogP) is 1.68. The van der Waals surface area contributed by atoms with Crippen molar-refractivity contribution in [3.63, 3.8) is 0 Å². The minimum Gasteiger partial charge on any atom is -0.376 e. The van der Waals surface area contributed by atoms with Crippen LogP contribution in [0.15, 0.2) is 6.33 Å². The Bertz CT molecular complexity index is 381. The van der Waals surface area contributed by atoms with Gasteiger partial charge >= 0.3 is 0 Å². The molecule has 4 nitrogen and oxygen atoms in total. The molecule has 1 aromatic heterocycles. The highest BCUT2D eigenvalue weighted by molar-refractivity contribution is 7.71. The summed E-state index contributed by atoms with van der Waals surface area (Å²) in [5.74, 6) is 0.820. The van der Waals surface area contributed by atoms with Crippen LogP contribution in [0.5, 0.6) is 0 Å². The number of rotatable bonds is 2. The molecule has 2 fully saturated rings. The summed E-state index contributed by atoms with van der Waals surface area (Å²) in [4.78, 5) is 0. The number of nitrogens with zero attached hydrogens (tertiary/aromatic N) is 2. The monoisotopic (exact) mass is 211 g/mol. The van der Waals surface area contributed by atoms with Crippen molar-refractivity contribution < 1.29 is 4.74 Å². The van der Waals surface area contributed by atoms with Gasteiger partial charge in [0.05, 0.1) is 18.8 Å². The fraction of sp³-hybridized carbons (Fsp3) is 0.778. The Balaban J connectivity index is 1.75. The quantitative estimate of drug-likeness (QED) is 0.757. The zero-order valence-electron chi connectivity index (χ0n) is 7.85. The van der Waals surface area contributed by atoms with Gasteiger partial charge in [-0.1, -0.05) is 0 Å². The van der Waals surface area contributed by atoms with Crippen LogP contribution >= 0.6 is 12.2 Å². The third-order valence-electron chi connectivity index (χ3n) is 3.13. The van der Waals surface area contributed by atoms with E-state index in [1.807, 2.05) is 4.57 Å². The summed E-state index contributed by atoms with van der Waals surface area (Å²) in [6.45, 7) is 0.787. The zero-order chi connectivity index (χ0) is 9.54. The number of hydrogen-bond donors (Lipinski definition) is 1. The number of H-pyrrole nitrogens is 1. The number of hydrogen-bond acceptors (Lipinski definition) is 3. The van der Waals surface area contributed by atoms with E-state index in [0.29, 0.717) is 16.9 Å². The molecule has 1 saturated heterocycles. The van der Waals surface area contributed by atoms with Gasteiger partial charge in [-0.3, -0.25) is 5.10 Å². The van der Waals surface area contributed by atoms with Crippen LogP contribution in [0.1, 0.15) is 25.3 Å². The third-order valence-corrected chi connectivity index (χ3v) is 3.43. The van der Waals surface area contributed by atoms with Crippen molar-refractivity contribution in [2.75, 3.05) is 6.61 Å². The van der Waals surface area contributed by atoms with E-state index < -0.39 is 0 Å². The molecule has 0 amide bonds. The largest absolute Gasteiger partial charge is 0.376 e. The van der Waals surface area contributed by atoms with Gasteiger partial charge in [-0.05, 0) is 37.4 Å². The van der Waals surface area contributed by atoms with Gasteiger partial charge in [0, 0.05) is 0 Å². The summed E-state index contributed by atoms with van der Waals surface area (Å²) in [7, 11) is 0. The van der Waals surface area contributed by atoms with Gasteiger partial charge in [-0.2, -0.15) is 5.10 Å². The molecule has 0 aromatic carbocycles. The molecule has 2 aliphatic rings. The fourth-order valence-corrected chi connectivity index (χ4v) is 2.39. The van der Waals surface area contributed by atoms with Crippen molar-refractivity contribution in [3.8, 4) is 0 Å². The summed E-state index contributed by atoms with van der Waals surface area (Å²) in [6.07, 6.45) is 6.02. The summed E-state index contributed by atoms with van der Waals surface area (Å²) < 4.78 is 8.47. The summed E-state index contributed by atoms with van der Waals surface area (Å²) in [5.41, 5.74) is 0. The van der Waals surface area contributed by atoms with E-state index in [1.54, 1.807) is 6.33 Å². The molecule has 2 unspecified atom stereocenters. The first-order valence-corrected chi connectivity index (χ1v) is 5.48. The fourth-order valence-electron chi connectivity index (χ4n) is 2.15. The lowest BCUT2D eigenvalue weighted by atomic mass is 10.1. The van der Waals surface area contributed by atoms with Crippen molar-refractivity contribution in [2.24, 2.45) is 5.92 Å². The molecule has 0 bridgehead atoms. The molecule has 0 spiro atoms. The zero-order valence-corrected chi connectivity index (χ0v) is 8.67. The van der Waals surface area contributed by atoms with Crippen LogP contribution < -0.4 is 0 Å². The average Bonchev–Trinajstić information content (AvgIpc) is 2.75. The number of nitrogens with one attached hydrogen (secondary N) is 1. The molecule has 1 aromatic rings. The summed E-state index contributed by atoms with van der Waals surface area (Å²) in [6, 6.07) is 0.395. The van der Waals surface area contributed by atoms with E-state index in [9.17, 15) is 0 Å². The molecule has 14 heavy (non-hydrogen) atoms. The lowest BCUT2D eigenvalue weighted by molar-refractivity contribution is 0.0909. The van der Waals surface area contributed by atoms with Crippen LogP contribution in [0.3, 0.4) is 0 Å².